The Morgan fingerprint density at radius 2 is 1.15 bits per heavy atom. The number of thiophene rings is 1. The van der Waals surface area contributed by atoms with Gasteiger partial charge in [0.05, 0.1) is 5.52 Å². The van der Waals surface area contributed by atoms with Crippen LogP contribution in [-0.2, 0) is 21.7 Å². The van der Waals surface area contributed by atoms with Crippen molar-refractivity contribution in [3.8, 4) is 39.1 Å². The van der Waals surface area contributed by atoms with Crippen molar-refractivity contribution >= 4 is 82.9 Å². The van der Waals surface area contributed by atoms with Crippen molar-refractivity contribution in [3.63, 3.8) is 0 Å². The van der Waals surface area contributed by atoms with E-state index in [1.807, 2.05) is 11.3 Å². The van der Waals surface area contributed by atoms with Crippen LogP contribution < -0.4 is 16.2 Å². The fraction of sp³-hybridized carbons (Fsp3) is 0.226. The predicted octanol–water partition coefficient (Wildman–Crippen LogP) is 15.7. The molecule has 0 spiro atoms. The van der Waals surface area contributed by atoms with Gasteiger partial charge in [-0.1, -0.05) is 166 Å². The maximum atomic E-state index is 4.03. The molecule has 0 fully saturated rings. The Kier molecular flexibility index (Phi) is 7.97. The second-order valence-corrected chi connectivity index (χ2v) is 23.6. The Hall–Kier alpha value is -6.36. The SMILES string of the molecule is CC(C)(C)c1ccc(Nc2cc3c(cc2-c2ccc4c5cc6c(cc5n5c4c2[B]c2cc4c(cc2-5)sc2ccccc24)C(C)(C)c2ccccc2-6)C(C)(C)c2ccc(C(C)(C)C)cc2-3)cc1. The molecule has 3 heterocycles. The summed E-state index contributed by atoms with van der Waals surface area (Å²) < 4.78 is 5.28. The van der Waals surface area contributed by atoms with E-state index < -0.39 is 0 Å². The Labute approximate surface area is 393 Å². The molecule has 0 unspecified atom stereocenters. The molecule has 2 nitrogen and oxygen atoms in total. The molecule has 0 bridgehead atoms. The van der Waals surface area contributed by atoms with E-state index >= 15 is 0 Å². The molecule has 0 saturated carbocycles. The van der Waals surface area contributed by atoms with Gasteiger partial charge >= 0.3 is 0 Å². The van der Waals surface area contributed by atoms with Crippen LogP contribution in [0.2, 0.25) is 0 Å². The minimum atomic E-state index is -0.176. The molecular weight excluding hydrogens is 816 g/mol. The van der Waals surface area contributed by atoms with Crippen molar-refractivity contribution in [2.45, 2.75) is 90.9 Å². The first-order chi connectivity index (χ1) is 31.5. The maximum absolute atomic E-state index is 4.03. The van der Waals surface area contributed by atoms with Gasteiger partial charge in [-0.25, -0.2) is 0 Å². The second-order valence-electron chi connectivity index (χ2n) is 22.5. The zero-order valence-electron chi connectivity index (χ0n) is 39.7. The van der Waals surface area contributed by atoms with Crippen molar-refractivity contribution in [1.82, 2.24) is 4.57 Å². The molecule has 8 aromatic carbocycles. The van der Waals surface area contributed by atoms with E-state index in [-0.39, 0.29) is 21.7 Å². The zero-order chi connectivity index (χ0) is 45.4. The summed E-state index contributed by atoms with van der Waals surface area (Å²) in [6.45, 7) is 23.5. The molecule has 0 atom stereocenters. The van der Waals surface area contributed by atoms with Gasteiger partial charge < -0.3 is 9.88 Å². The van der Waals surface area contributed by atoms with Crippen molar-refractivity contribution in [3.05, 3.63) is 173 Å². The molecule has 66 heavy (non-hydrogen) atoms. The van der Waals surface area contributed by atoms with Gasteiger partial charge in [0.2, 0.25) is 0 Å². The van der Waals surface area contributed by atoms with Crippen LogP contribution in [0, 0.1) is 0 Å². The van der Waals surface area contributed by atoms with E-state index in [4.69, 9.17) is 0 Å². The van der Waals surface area contributed by atoms with Gasteiger partial charge in [0.1, 0.15) is 0 Å². The molecule has 2 aromatic heterocycles. The van der Waals surface area contributed by atoms with Crippen LogP contribution in [0.1, 0.15) is 103 Å². The smallest absolute Gasteiger partial charge is 0.197 e. The molecule has 0 amide bonds. The molecule has 10 aromatic rings. The standard InChI is InChI=1S/C62H54BN2S/c1-59(2,3)34-19-22-36(23-20-34)64-52-31-43-41-27-35(60(4,5)6)21-26-48(41)62(9,10)49(43)29-44(52)39-24-25-40-45-28-42-37-15-11-13-17-47(37)61(7,8)50(42)32-53(45)65-54-33-56-46(30-51(54)63-57(39)58(40)65)38-16-12-14-18-55(38)66-56/h11-33,64H,1-10H3. The van der Waals surface area contributed by atoms with Crippen molar-refractivity contribution in [1.29, 1.82) is 0 Å². The number of nitrogens with zero attached hydrogens (tertiary/aromatic N) is 1. The fourth-order valence-electron chi connectivity index (χ4n) is 12.0. The van der Waals surface area contributed by atoms with Gasteiger partial charge in [0, 0.05) is 64.5 Å². The highest BCUT2D eigenvalue weighted by Gasteiger charge is 2.39. The largest absolute Gasteiger partial charge is 0.355 e. The van der Waals surface area contributed by atoms with E-state index in [0.717, 1.165) is 11.4 Å². The summed E-state index contributed by atoms with van der Waals surface area (Å²) in [7, 11) is 2.51. The summed E-state index contributed by atoms with van der Waals surface area (Å²) in [5.74, 6) is 0. The van der Waals surface area contributed by atoms with Crippen LogP contribution >= 0.6 is 11.3 Å². The van der Waals surface area contributed by atoms with E-state index in [1.165, 1.54) is 125 Å². The number of fused-ring (bicyclic) bond motifs is 14. The molecule has 2 aliphatic carbocycles. The third kappa shape index (κ3) is 5.48. The Morgan fingerprint density at radius 3 is 1.92 bits per heavy atom. The number of rotatable bonds is 3. The van der Waals surface area contributed by atoms with Gasteiger partial charge in [-0.2, -0.15) is 0 Å². The average molecular weight is 870 g/mol. The quantitative estimate of drug-likeness (QED) is 0.175. The van der Waals surface area contributed by atoms with Crippen LogP contribution in [0.15, 0.2) is 140 Å². The van der Waals surface area contributed by atoms with Crippen molar-refractivity contribution in [2.24, 2.45) is 0 Å². The minimum Gasteiger partial charge on any atom is -0.355 e. The Balaban J connectivity index is 1.10. The topological polar surface area (TPSA) is 17.0 Å². The minimum absolute atomic E-state index is 0.0422. The van der Waals surface area contributed by atoms with E-state index in [9.17, 15) is 0 Å². The van der Waals surface area contributed by atoms with Crippen molar-refractivity contribution < 1.29 is 0 Å². The number of hydrogen-bond donors (Lipinski definition) is 1. The highest BCUT2D eigenvalue weighted by atomic mass is 32.1. The van der Waals surface area contributed by atoms with E-state index in [0.29, 0.717) is 0 Å². The molecule has 321 valence electrons. The predicted molar refractivity (Wildman–Crippen MR) is 286 cm³/mol. The summed E-state index contributed by atoms with van der Waals surface area (Å²) in [5, 5.41) is 9.28. The molecule has 1 N–H and O–H groups in total. The monoisotopic (exact) mass is 869 g/mol. The van der Waals surface area contributed by atoms with Crippen LogP contribution in [-0.4, -0.2) is 11.8 Å². The molecule has 3 aliphatic rings. The van der Waals surface area contributed by atoms with Gasteiger partial charge in [-0.3, -0.25) is 0 Å². The van der Waals surface area contributed by atoms with E-state index in [2.05, 4.69) is 226 Å². The van der Waals surface area contributed by atoms with Gasteiger partial charge in [-0.15, -0.1) is 11.3 Å². The normalized spacial score (nSPS) is 15.2. The van der Waals surface area contributed by atoms with Crippen LogP contribution in [0.3, 0.4) is 0 Å². The van der Waals surface area contributed by atoms with Crippen molar-refractivity contribution in [2.75, 3.05) is 5.32 Å². The lowest BCUT2D eigenvalue weighted by atomic mass is 9.59. The summed E-state index contributed by atoms with van der Waals surface area (Å²) in [4.78, 5) is 0. The summed E-state index contributed by atoms with van der Waals surface area (Å²) >= 11 is 1.90. The van der Waals surface area contributed by atoms with Crippen LogP contribution in [0.4, 0.5) is 11.4 Å². The number of benzene rings is 8. The van der Waals surface area contributed by atoms with Crippen LogP contribution in [0.5, 0.6) is 0 Å². The fourth-order valence-corrected chi connectivity index (χ4v) is 13.1. The lowest BCUT2D eigenvalue weighted by Gasteiger charge is -2.26. The molecule has 13 rings (SSSR count). The molecular formula is C62H54BN2S. The lowest BCUT2D eigenvalue weighted by molar-refractivity contribution is 0.589. The lowest BCUT2D eigenvalue weighted by Crippen LogP contribution is -2.37. The first-order valence-corrected chi connectivity index (χ1v) is 24.6. The number of anilines is 2. The summed E-state index contributed by atoms with van der Waals surface area (Å²) in [6.07, 6.45) is 0. The highest BCUT2D eigenvalue weighted by Crippen LogP contribution is 2.54. The maximum Gasteiger partial charge on any atom is 0.197 e. The number of hydrogen-bond acceptors (Lipinski definition) is 2. The van der Waals surface area contributed by atoms with Gasteiger partial charge in [0.15, 0.2) is 7.28 Å². The van der Waals surface area contributed by atoms with E-state index in [1.54, 1.807) is 0 Å². The molecule has 1 aliphatic heterocycles. The highest BCUT2D eigenvalue weighted by molar-refractivity contribution is 7.25. The Morgan fingerprint density at radius 1 is 0.485 bits per heavy atom. The van der Waals surface area contributed by atoms with Gasteiger partial charge in [0.25, 0.3) is 0 Å². The molecule has 4 heteroatoms. The third-order valence-corrected chi connectivity index (χ3v) is 16.9. The Bertz CT molecular complexity index is 3770. The first kappa shape index (κ1) is 40.0. The molecule has 1 radical (unpaired) electrons. The average Bonchev–Trinajstić information content (AvgIpc) is 3.95. The van der Waals surface area contributed by atoms with Crippen LogP contribution in [0.25, 0.3) is 81.0 Å². The second kappa shape index (κ2) is 13.2. The number of aromatic nitrogens is 1. The molecule has 0 saturated heterocycles. The summed E-state index contributed by atoms with van der Waals surface area (Å²) in [5.41, 5.74) is 24.5. The zero-order valence-corrected chi connectivity index (χ0v) is 40.5. The van der Waals surface area contributed by atoms with Gasteiger partial charge in [-0.05, 0) is 131 Å². The first-order valence-electron chi connectivity index (χ1n) is 23.7. The summed E-state index contributed by atoms with van der Waals surface area (Å²) in [6, 6.07) is 54.1. The third-order valence-electron chi connectivity index (χ3n) is 15.7. The number of nitrogens with one attached hydrogen (secondary N) is 1.